The van der Waals surface area contributed by atoms with E-state index in [1.54, 1.807) is 0 Å². The van der Waals surface area contributed by atoms with Gasteiger partial charge in [0.15, 0.2) is 6.61 Å². The summed E-state index contributed by atoms with van der Waals surface area (Å²) in [5.74, 6) is -1.05. The van der Waals surface area contributed by atoms with Crippen molar-refractivity contribution in [2.24, 2.45) is 0 Å². The number of aromatic nitrogens is 1. The number of benzene rings is 1. The molecule has 0 spiro atoms. The van der Waals surface area contributed by atoms with Gasteiger partial charge < -0.3 is 15.4 Å². The molecule has 6 nitrogen and oxygen atoms in total. The van der Waals surface area contributed by atoms with Gasteiger partial charge >= 0.3 is 0 Å². The van der Waals surface area contributed by atoms with Crippen molar-refractivity contribution in [2.45, 2.75) is 26.3 Å². The molecule has 144 valence electrons. The second kappa shape index (κ2) is 10.0. The number of aryl methyl sites for hydroxylation is 1. The van der Waals surface area contributed by atoms with E-state index in [1.807, 2.05) is 12.3 Å². The van der Waals surface area contributed by atoms with Gasteiger partial charge in [-0.05, 0) is 25.5 Å². The Kier molecular flexibility index (Phi) is 7.75. The highest BCUT2D eigenvalue weighted by molar-refractivity contribution is 7.09. The molecule has 0 saturated carbocycles. The lowest BCUT2D eigenvalue weighted by atomic mass is 10.2. The summed E-state index contributed by atoms with van der Waals surface area (Å²) in [6, 6.07) is 3.90. The molecule has 0 unspecified atom stereocenters. The zero-order chi connectivity index (χ0) is 19.8. The van der Waals surface area contributed by atoms with E-state index in [1.165, 1.54) is 23.5 Å². The molecule has 2 aromatic rings. The fourth-order valence-electron chi connectivity index (χ4n) is 2.02. The zero-order valence-corrected chi connectivity index (χ0v) is 16.3. The molecule has 0 aliphatic carbocycles. The molecule has 9 heteroatoms. The summed E-state index contributed by atoms with van der Waals surface area (Å²) in [7, 11) is 0. The smallest absolute Gasteiger partial charge is 0.262 e. The molecule has 0 aliphatic heterocycles. The van der Waals surface area contributed by atoms with Crippen molar-refractivity contribution in [3.05, 3.63) is 57.4 Å². The number of allylic oxidation sites excluding steroid dienone is 1. The normalized spacial score (nSPS) is 10.3. The van der Waals surface area contributed by atoms with Crippen LogP contribution in [0.4, 0.5) is 4.39 Å². The van der Waals surface area contributed by atoms with Gasteiger partial charge in [-0.1, -0.05) is 18.2 Å². The summed E-state index contributed by atoms with van der Waals surface area (Å²) < 4.78 is 18.5. The highest BCUT2D eigenvalue weighted by atomic mass is 35.5. The number of thiazole rings is 1. The van der Waals surface area contributed by atoms with Crippen LogP contribution in [-0.2, 0) is 16.1 Å². The number of nitrogens with zero attached hydrogens (tertiary/aromatic N) is 1. The second-order valence-electron chi connectivity index (χ2n) is 5.68. The highest BCUT2D eigenvalue weighted by Crippen LogP contribution is 2.20. The van der Waals surface area contributed by atoms with Crippen LogP contribution in [0.1, 0.15) is 23.5 Å². The summed E-state index contributed by atoms with van der Waals surface area (Å²) in [6.45, 7) is 5.67. The molecule has 0 radical (unpaired) electrons. The Morgan fingerprint density at radius 3 is 2.78 bits per heavy atom. The van der Waals surface area contributed by atoms with Crippen LogP contribution < -0.4 is 15.4 Å². The van der Waals surface area contributed by atoms with Crippen molar-refractivity contribution < 1.29 is 18.7 Å². The number of amides is 2. The van der Waals surface area contributed by atoms with Crippen molar-refractivity contribution in [1.82, 2.24) is 15.6 Å². The van der Waals surface area contributed by atoms with E-state index in [-0.39, 0.29) is 29.7 Å². The number of halogens is 2. The number of carbonyl (C=O) groups excluding carboxylic acids is 2. The molecule has 0 aliphatic rings. The molecule has 1 aromatic carbocycles. The third-order valence-electron chi connectivity index (χ3n) is 3.33. The first kappa shape index (κ1) is 20.9. The Bertz CT molecular complexity index is 841. The maximum atomic E-state index is 13.3. The first-order valence-electron chi connectivity index (χ1n) is 8.06. The van der Waals surface area contributed by atoms with Gasteiger partial charge in [0.05, 0.1) is 11.6 Å². The largest absolute Gasteiger partial charge is 0.484 e. The van der Waals surface area contributed by atoms with Crippen LogP contribution in [0, 0.1) is 12.7 Å². The molecule has 1 heterocycles. The maximum absolute atomic E-state index is 13.3. The lowest BCUT2D eigenvalue weighted by Crippen LogP contribution is -2.29. The van der Waals surface area contributed by atoms with Crippen LogP contribution in [0.2, 0.25) is 5.02 Å². The molecule has 2 N–H and O–H groups in total. The summed E-state index contributed by atoms with van der Waals surface area (Å²) in [6.07, 6.45) is 0.483. The summed E-state index contributed by atoms with van der Waals surface area (Å²) >= 11 is 7.06. The lowest BCUT2D eigenvalue weighted by molar-refractivity contribution is -0.123. The average molecular weight is 412 g/mol. The quantitative estimate of drug-likeness (QED) is 0.663. The van der Waals surface area contributed by atoms with Crippen LogP contribution in [0.25, 0.3) is 0 Å². The third kappa shape index (κ3) is 7.36. The van der Waals surface area contributed by atoms with E-state index in [0.717, 1.165) is 16.8 Å². The van der Waals surface area contributed by atoms with E-state index in [2.05, 4.69) is 22.2 Å². The van der Waals surface area contributed by atoms with Crippen LogP contribution >= 0.6 is 22.9 Å². The minimum atomic E-state index is -0.627. The minimum Gasteiger partial charge on any atom is -0.484 e. The number of hydrogen-bond acceptors (Lipinski definition) is 5. The number of carbonyl (C=O) groups is 2. The van der Waals surface area contributed by atoms with E-state index < -0.39 is 11.7 Å². The first-order valence-corrected chi connectivity index (χ1v) is 9.32. The van der Waals surface area contributed by atoms with Gasteiger partial charge in [0.25, 0.3) is 5.91 Å². The molecule has 2 amide bonds. The molecule has 27 heavy (non-hydrogen) atoms. The predicted octanol–water partition coefficient (Wildman–Crippen LogP) is 3.35. The summed E-state index contributed by atoms with van der Waals surface area (Å²) in [5.41, 5.74) is 1.31. The molecular weight excluding hydrogens is 393 g/mol. The van der Waals surface area contributed by atoms with Crippen molar-refractivity contribution in [1.29, 1.82) is 0 Å². The number of rotatable bonds is 9. The number of ether oxygens (including phenoxy) is 1. The van der Waals surface area contributed by atoms with Crippen LogP contribution in [-0.4, -0.2) is 23.4 Å². The van der Waals surface area contributed by atoms with Gasteiger partial charge in [0.1, 0.15) is 16.6 Å². The van der Waals surface area contributed by atoms with Crippen LogP contribution in [0.5, 0.6) is 5.75 Å². The van der Waals surface area contributed by atoms with E-state index in [0.29, 0.717) is 18.7 Å². The maximum Gasteiger partial charge on any atom is 0.262 e. The van der Waals surface area contributed by atoms with E-state index >= 15 is 0 Å². The van der Waals surface area contributed by atoms with Gasteiger partial charge in [-0.15, -0.1) is 11.3 Å². The van der Waals surface area contributed by atoms with Crippen molar-refractivity contribution in [3.8, 4) is 5.75 Å². The van der Waals surface area contributed by atoms with Gasteiger partial charge in [-0.25, -0.2) is 9.37 Å². The highest BCUT2D eigenvalue weighted by Gasteiger charge is 2.09. The number of hydrogen-bond donors (Lipinski definition) is 2. The van der Waals surface area contributed by atoms with E-state index in [9.17, 15) is 14.0 Å². The Morgan fingerprint density at radius 1 is 1.33 bits per heavy atom. The third-order valence-corrected chi connectivity index (χ3v) is 4.61. The zero-order valence-electron chi connectivity index (χ0n) is 14.7. The van der Waals surface area contributed by atoms with Gasteiger partial charge in [0, 0.05) is 29.3 Å². The molecule has 0 saturated heterocycles. The Balaban J connectivity index is 1.64. The van der Waals surface area contributed by atoms with Crippen LogP contribution in [0.15, 0.2) is 35.9 Å². The van der Waals surface area contributed by atoms with E-state index in [4.69, 9.17) is 16.3 Å². The van der Waals surface area contributed by atoms with Gasteiger partial charge in [-0.3, -0.25) is 9.59 Å². The Morgan fingerprint density at radius 2 is 2.11 bits per heavy atom. The fourth-order valence-corrected chi connectivity index (χ4v) is 2.85. The summed E-state index contributed by atoms with van der Waals surface area (Å²) in [5, 5.41) is 8.03. The second-order valence-corrected chi connectivity index (χ2v) is 7.03. The fraction of sp³-hybridized carbons (Fsp3) is 0.278. The van der Waals surface area contributed by atoms with Gasteiger partial charge in [0.2, 0.25) is 5.91 Å². The monoisotopic (exact) mass is 411 g/mol. The SMILES string of the molecule is C=C(CCC(=O)NCc1nc(C)cs1)NC(=O)COc1ccc(Cl)c(F)c1. The molecular formula is C18H19ClFN3O3S. The Hall–Kier alpha value is -2.45. The lowest BCUT2D eigenvalue weighted by Gasteiger charge is -2.10. The number of nitrogens with one attached hydrogen (secondary N) is 2. The van der Waals surface area contributed by atoms with Crippen molar-refractivity contribution >= 4 is 34.8 Å². The molecule has 0 bridgehead atoms. The molecule has 2 rings (SSSR count). The average Bonchev–Trinajstić information content (AvgIpc) is 3.04. The minimum absolute atomic E-state index is 0.0246. The predicted molar refractivity (Wildman–Crippen MR) is 102 cm³/mol. The van der Waals surface area contributed by atoms with Crippen molar-refractivity contribution in [3.63, 3.8) is 0 Å². The summed E-state index contributed by atoms with van der Waals surface area (Å²) in [4.78, 5) is 27.9. The molecule has 0 fully saturated rings. The first-order chi connectivity index (χ1) is 12.8. The van der Waals surface area contributed by atoms with Crippen LogP contribution in [0.3, 0.4) is 0 Å². The van der Waals surface area contributed by atoms with Crippen molar-refractivity contribution in [2.75, 3.05) is 6.61 Å². The topological polar surface area (TPSA) is 80.3 Å². The molecule has 0 atom stereocenters. The Labute approximate surface area is 165 Å². The molecule has 1 aromatic heterocycles. The van der Waals surface area contributed by atoms with Gasteiger partial charge in [-0.2, -0.15) is 0 Å². The standard InChI is InChI=1S/C18H19ClFN3O3S/c1-11(3-6-16(24)21-8-18-23-12(2)10-27-18)22-17(25)9-26-13-4-5-14(19)15(20)7-13/h4-5,7,10H,1,3,6,8-9H2,2H3,(H,21,24)(H,22,25).